The van der Waals surface area contributed by atoms with Crippen LogP contribution in [0.1, 0.15) is 30.2 Å². The van der Waals surface area contributed by atoms with Crippen LogP contribution in [0.3, 0.4) is 0 Å². The standard InChI is InChI=1S/C14H20N2O2S/c1-11(2)7-15-8-12-6-13(18-16-12)9-17-10-14-4-3-5-19-14/h3-6,11,15H,7-10H2,1-2H3. The molecule has 0 radical (unpaired) electrons. The lowest BCUT2D eigenvalue weighted by Gasteiger charge is -2.04. The van der Waals surface area contributed by atoms with Gasteiger partial charge in [-0.15, -0.1) is 11.3 Å². The molecule has 2 heterocycles. The Morgan fingerprint density at radius 3 is 3.05 bits per heavy atom. The summed E-state index contributed by atoms with van der Waals surface area (Å²) in [6.07, 6.45) is 0. The van der Waals surface area contributed by atoms with Gasteiger partial charge in [0.15, 0.2) is 5.76 Å². The summed E-state index contributed by atoms with van der Waals surface area (Å²) in [7, 11) is 0. The number of aromatic nitrogens is 1. The molecule has 0 aliphatic rings. The molecule has 0 saturated heterocycles. The van der Waals surface area contributed by atoms with Crippen LogP contribution in [0.4, 0.5) is 0 Å². The first-order valence-electron chi connectivity index (χ1n) is 6.49. The summed E-state index contributed by atoms with van der Waals surface area (Å²) in [5.41, 5.74) is 0.926. The fourth-order valence-corrected chi connectivity index (χ4v) is 2.28. The number of thiophene rings is 1. The van der Waals surface area contributed by atoms with Gasteiger partial charge >= 0.3 is 0 Å². The van der Waals surface area contributed by atoms with Crippen LogP contribution in [0.25, 0.3) is 0 Å². The number of rotatable bonds is 8. The fraction of sp³-hybridized carbons (Fsp3) is 0.500. The van der Waals surface area contributed by atoms with E-state index in [1.54, 1.807) is 11.3 Å². The van der Waals surface area contributed by atoms with E-state index in [4.69, 9.17) is 9.26 Å². The average Bonchev–Trinajstić information content (AvgIpc) is 3.00. The molecule has 19 heavy (non-hydrogen) atoms. The first-order valence-corrected chi connectivity index (χ1v) is 7.37. The van der Waals surface area contributed by atoms with Crippen molar-refractivity contribution in [2.24, 2.45) is 5.92 Å². The van der Waals surface area contributed by atoms with E-state index >= 15 is 0 Å². The Bertz CT molecular complexity index is 466. The fourth-order valence-electron chi connectivity index (χ4n) is 1.64. The Kier molecular flexibility index (Phi) is 5.57. The van der Waals surface area contributed by atoms with Gasteiger partial charge in [0.2, 0.25) is 0 Å². The van der Waals surface area contributed by atoms with Crippen molar-refractivity contribution < 1.29 is 9.26 Å². The molecule has 0 saturated carbocycles. The lowest BCUT2D eigenvalue weighted by Crippen LogP contribution is -2.19. The van der Waals surface area contributed by atoms with Gasteiger partial charge < -0.3 is 14.6 Å². The summed E-state index contributed by atoms with van der Waals surface area (Å²) in [4.78, 5) is 1.22. The minimum absolute atomic E-state index is 0.467. The number of nitrogens with one attached hydrogen (secondary N) is 1. The van der Waals surface area contributed by atoms with Gasteiger partial charge in [-0.25, -0.2) is 0 Å². The summed E-state index contributed by atoms with van der Waals surface area (Å²) >= 11 is 1.70. The van der Waals surface area contributed by atoms with Gasteiger partial charge in [0.05, 0.1) is 12.3 Å². The number of ether oxygens (including phenoxy) is 1. The van der Waals surface area contributed by atoms with Crippen molar-refractivity contribution in [3.63, 3.8) is 0 Å². The molecule has 0 aliphatic heterocycles. The van der Waals surface area contributed by atoms with Crippen molar-refractivity contribution in [2.75, 3.05) is 6.54 Å². The van der Waals surface area contributed by atoms with Crippen molar-refractivity contribution in [1.29, 1.82) is 0 Å². The maximum absolute atomic E-state index is 5.58. The van der Waals surface area contributed by atoms with Crippen LogP contribution >= 0.6 is 11.3 Å². The van der Waals surface area contributed by atoms with E-state index in [2.05, 4.69) is 30.4 Å². The predicted molar refractivity (Wildman–Crippen MR) is 75.9 cm³/mol. The Hall–Kier alpha value is -1.17. The average molecular weight is 280 g/mol. The number of hydrogen-bond donors (Lipinski definition) is 1. The zero-order valence-corrected chi connectivity index (χ0v) is 12.2. The third-order valence-electron chi connectivity index (χ3n) is 2.54. The normalized spacial score (nSPS) is 11.3. The molecule has 0 aromatic carbocycles. The van der Waals surface area contributed by atoms with E-state index in [1.807, 2.05) is 17.5 Å². The van der Waals surface area contributed by atoms with Gasteiger partial charge in [-0.1, -0.05) is 25.1 Å². The topological polar surface area (TPSA) is 47.3 Å². The molecule has 5 heteroatoms. The molecular weight excluding hydrogens is 260 g/mol. The minimum Gasteiger partial charge on any atom is -0.368 e. The highest BCUT2D eigenvalue weighted by Gasteiger charge is 2.05. The van der Waals surface area contributed by atoms with Crippen molar-refractivity contribution in [3.8, 4) is 0 Å². The molecule has 4 nitrogen and oxygen atoms in total. The van der Waals surface area contributed by atoms with Gasteiger partial charge in [0.1, 0.15) is 6.61 Å². The first kappa shape index (κ1) is 14.2. The maximum Gasteiger partial charge on any atom is 0.162 e. The minimum atomic E-state index is 0.467. The van der Waals surface area contributed by atoms with Crippen molar-refractivity contribution in [3.05, 3.63) is 39.9 Å². The van der Waals surface area contributed by atoms with E-state index < -0.39 is 0 Å². The highest BCUT2D eigenvalue weighted by Crippen LogP contribution is 2.12. The molecule has 1 N–H and O–H groups in total. The van der Waals surface area contributed by atoms with Crippen LogP contribution in [-0.4, -0.2) is 11.7 Å². The third kappa shape index (κ3) is 5.14. The van der Waals surface area contributed by atoms with E-state index in [-0.39, 0.29) is 0 Å². The van der Waals surface area contributed by atoms with Crippen LogP contribution < -0.4 is 5.32 Å². The number of hydrogen-bond acceptors (Lipinski definition) is 5. The largest absolute Gasteiger partial charge is 0.368 e. The molecule has 0 amide bonds. The highest BCUT2D eigenvalue weighted by molar-refractivity contribution is 7.09. The van der Waals surface area contributed by atoms with Crippen LogP contribution in [0.5, 0.6) is 0 Å². The van der Waals surface area contributed by atoms with Crippen molar-refractivity contribution >= 4 is 11.3 Å². The Morgan fingerprint density at radius 2 is 2.32 bits per heavy atom. The van der Waals surface area contributed by atoms with Gasteiger partial charge in [-0.05, 0) is 23.9 Å². The van der Waals surface area contributed by atoms with Gasteiger partial charge in [0, 0.05) is 17.5 Å². The quantitative estimate of drug-likeness (QED) is 0.806. The Morgan fingerprint density at radius 1 is 1.42 bits per heavy atom. The van der Waals surface area contributed by atoms with Crippen LogP contribution in [0.2, 0.25) is 0 Å². The first-order chi connectivity index (χ1) is 9.24. The lowest BCUT2D eigenvalue weighted by atomic mass is 10.2. The molecule has 2 rings (SSSR count). The SMILES string of the molecule is CC(C)CNCc1cc(COCc2cccs2)on1. The molecule has 0 bridgehead atoms. The number of nitrogens with zero attached hydrogens (tertiary/aromatic N) is 1. The second-order valence-corrected chi connectivity index (χ2v) is 5.91. The van der Waals surface area contributed by atoms with E-state index in [1.165, 1.54) is 4.88 Å². The molecule has 0 aliphatic carbocycles. The van der Waals surface area contributed by atoms with Gasteiger partial charge in [-0.2, -0.15) is 0 Å². The summed E-state index contributed by atoms with van der Waals surface area (Å²) in [6.45, 7) is 7.18. The van der Waals surface area contributed by atoms with Crippen molar-refractivity contribution in [1.82, 2.24) is 10.5 Å². The molecule has 0 fully saturated rings. The summed E-state index contributed by atoms with van der Waals surface area (Å²) < 4.78 is 10.8. The molecule has 2 aromatic rings. The van der Waals surface area contributed by atoms with Gasteiger partial charge in [-0.3, -0.25) is 0 Å². The lowest BCUT2D eigenvalue weighted by molar-refractivity contribution is 0.0901. The zero-order chi connectivity index (χ0) is 13.5. The second kappa shape index (κ2) is 7.43. The predicted octanol–water partition coefficient (Wildman–Crippen LogP) is 3.20. The Balaban J connectivity index is 1.68. The van der Waals surface area contributed by atoms with Crippen molar-refractivity contribution in [2.45, 2.75) is 33.6 Å². The monoisotopic (exact) mass is 280 g/mol. The Labute approximate surface area is 117 Å². The molecule has 0 atom stereocenters. The van der Waals surface area contributed by atoms with Crippen LogP contribution in [0, 0.1) is 5.92 Å². The van der Waals surface area contributed by atoms with Crippen LogP contribution in [0.15, 0.2) is 28.1 Å². The molecule has 104 valence electrons. The highest BCUT2D eigenvalue weighted by atomic mass is 32.1. The smallest absolute Gasteiger partial charge is 0.162 e. The summed E-state index contributed by atoms with van der Waals surface area (Å²) in [5, 5.41) is 9.39. The molecular formula is C14H20N2O2S. The summed E-state index contributed by atoms with van der Waals surface area (Å²) in [6, 6.07) is 6.03. The molecule has 0 spiro atoms. The van der Waals surface area contributed by atoms with Crippen LogP contribution in [-0.2, 0) is 24.5 Å². The van der Waals surface area contributed by atoms with Gasteiger partial charge in [0.25, 0.3) is 0 Å². The molecule has 0 unspecified atom stereocenters. The van der Waals surface area contributed by atoms with E-state index in [0.717, 1.165) is 24.5 Å². The van der Waals surface area contributed by atoms with E-state index in [9.17, 15) is 0 Å². The van der Waals surface area contributed by atoms with E-state index in [0.29, 0.717) is 19.1 Å². The zero-order valence-electron chi connectivity index (χ0n) is 11.4. The summed E-state index contributed by atoms with van der Waals surface area (Å²) in [5.74, 6) is 1.42. The maximum atomic E-state index is 5.58. The third-order valence-corrected chi connectivity index (χ3v) is 3.39. The molecule has 2 aromatic heterocycles. The second-order valence-electron chi connectivity index (χ2n) is 4.88.